The van der Waals surface area contributed by atoms with Crippen molar-refractivity contribution in [3.63, 3.8) is 0 Å². The number of ether oxygens (including phenoxy) is 2. The summed E-state index contributed by atoms with van der Waals surface area (Å²) in [6.45, 7) is 4.32. The molecule has 5 atom stereocenters. The molecular formula is C34H66N2O8. The summed E-state index contributed by atoms with van der Waals surface area (Å²) in [5.41, 5.74) is 0. The molecule has 5 N–H and O–H groups in total. The fourth-order valence-electron chi connectivity index (χ4n) is 5.60. The summed E-state index contributed by atoms with van der Waals surface area (Å²) in [6.07, 6.45) is 16.7. The number of hydrogen-bond acceptors (Lipinski definition) is 8. The summed E-state index contributed by atoms with van der Waals surface area (Å²) >= 11 is 0. The van der Waals surface area contributed by atoms with Crippen LogP contribution in [0.1, 0.15) is 142 Å². The van der Waals surface area contributed by atoms with Gasteiger partial charge in [0.15, 0.2) is 6.29 Å². The molecule has 1 aliphatic heterocycles. The minimum absolute atomic E-state index is 0.0773. The molecule has 0 aliphatic carbocycles. The van der Waals surface area contributed by atoms with Crippen LogP contribution < -0.4 is 5.32 Å². The molecule has 1 saturated heterocycles. The maximum atomic E-state index is 13.1. The lowest BCUT2D eigenvalue weighted by atomic mass is 9.99. The highest BCUT2D eigenvalue weighted by molar-refractivity contribution is 5.85. The summed E-state index contributed by atoms with van der Waals surface area (Å²) in [6, 6.07) is 0. The second-order valence-electron chi connectivity index (χ2n) is 12.5. The third-order valence-electron chi connectivity index (χ3n) is 8.54. The Balaban J connectivity index is 2.45. The largest absolute Gasteiger partial charge is 0.394 e. The van der Waals surface area contributed by atoms with Crippen LogP contribution in [0.15, 0.2) is 0 Å². The van der Waals surface area contributed by atoms with E-state index in [0.29, 0.717) is 13.1 Å². The van der Waals surface area contributed by atoms with Crippen LogP contribution in [-0.4, -0.2) is 101 Å². The molecule has 1 heterocycles. The van der Waals surface area contributed by atoms with Crippen LogP contribution in [0, 0.1) is 0 Å². The van der Waals surface area contributed by atoms with Crippen LogP contribution in [-0.2, 0) is 19.1 Å². The van der Waals surface area contributed by atoms with Gasteiger partial charge < -0.3 is 40.1 Å². The van der Waals surface area contributed by atoms with Gasteiger partial charge >= 0.3 is 0 Å². The number of amides is 2. The van der Waals surface area contributed by atoms with Gasteiger partial charge in [-0.1, -0.05) is 129 Å². The quantitative estimate of drug-likeness (QED) is 0.0789. The van der Waals surface area contributed by atoms with Crippen molar-refractivity contribution in [1.82, 2.24) is 10.2 Å². The Morgan fingerprint density at radius 3 is 1.66 bits per heavy atom. The van der Waals surface area contributed by atoms with Crippen LogP contribution in [0.4, 0.5) is 0 Å². The van der Waals surface area contributed by atoms with Crippen molar-refractivity contribution in [2.45, 2.75) is 173 Å². The van der Waals surface area contributed by atoms with Gasteiger partial charge in [-0.05, 0) is 12.8 Å². The van der Waals surface area contributed by atoms with E-state index in [4.69, 9.17) is 9.47 Å². The fourth-order valence-corrected chi connectivity index (χ4v) is 5.60. The lowest BCUT2D eigenvalue weighted by molar-refractivity contribution is -0.299. The first kappa shape index (κ1) is 40.7. The van der Waals surface area contributed by atoms with E-state index >= 15 is 0 Å². The number of carbonyl (C=O) groups excluding carboxylic acids is 2. The molecule has 0 aromatic heterocycles. The molecule has 10 heteroatoms. The standard InChI is InChI=1S/C34H66N2O8/c1-3-5-7-9-11-13-15-17-19-21-23-35-29(38)25-36(24-22-20-18-16-14-12-10-8-6-4-2)30(39)27-43-34-33(42)32(41)31(40)28(26-37)44-34/h28,31-34,37,40-42H,3-27H2,1-2H3,(H,35,38)/t28-,31-,32+,33-,34-/m1/s1. The van der Waals surface area contributed by atoms with E-state index in [-0.39, 0.29) is 12.5 Å². The zero-order valence-corrected chi connectivity index (χ0v) is 27.9. The molecule has 260 valence electrons. The van der Waals surface area contributed by atoms with Gasteiger partial charge in [-0.25, -0.2) is 0 Å². The van der Waals surface area contributed by atoms with Crippen molar-refractivity contribution in [3.05, 3.63) is 0 Å². The van der Waals surface area contributed by atoms with E-state index in [9.17, 15) is 30.0 Å². The van der Waals surface area contributed by atoms with Crippen molar-refractivity contribution in [1.29, 1.82) is 0 Å². The van der Waals surface area contributed by atoms with Crippen LogP contribution in [0.2, 0.25) is 0 Å². The maximum Gasteiger partial charge on any atom is 0.249 e. The van der Waals surface area contributed by atoms with Gasteiger partial charge in [0, 0.05) is 13.1 Å². The molecule has 1 rings (SSSR count). The van der Waals surface area contributed by atoms with E-state index in [2.05, 4.69) is 19.2 Å². The number of aliphatic hydroxyl groups is 4. The molecule has 0 unspecified atom stereocenters. The van der Waals surface area contributed by atoms with Crippen molar-refractivity contribution in [3.8, 4) is 0 Å². The Morgan fingerprint density at radius 2 is 1.16 bits per heavy atom. The van der Waals surface area contributed by atoms with E-state index in [1.54, 1.807) is 0 Å². The molecule has 44 heavy (non-hydrogen) atoms. The lowest BCUT2D eigenvalue weighted by Gasteiger charge is -2.39. The smallest absolute Gasteiger partial charge is 0.249 e. The first-order chi connectivity index (χ1) is 21.3. The molecule has 0 aromatic rings. The SMILES string of the molecule is CCCCCCCCCCCCNC(=O)CN(CCCCCCCCCCCC)C(=O)CO[C@@H]1O[C@H](CO)[C@@H](O)[C@H](O)[C@H]1O. The Bertz CT molecular complexity index is 711. The third-order valence-corrected chi connectivity index (χ3v) is 8.54. The van der Waals surface area contributed by atoms with Gasteiger partial charge in [0.1, 0.15) is 31.0 Å². The molecule has 0 bridgehead atoms. The highest BCUT2D eigenvalue weighted by Crippen LogP contribution is 2.22. The second-order valence-corrected chi connectivity index (χ2v) is 12.5. The molecular weight excluding hydrogens is 564 g/mol. The van der Waals surface area contributed by atoms with Gasteiger partial charge in [0.25, 0.3) is 0 Å². The highest BCUT2D eigenvalue weighted by Gasteiger charge is 2.44. The van der Waals surface area contributed by atoms with Gasteiger partial charge in [-0.2, -0.15) is 0 Å². The summed E-state index contributed by atoms with van der Waals surface area (Å²) in [5, 5.41) is 42.5. The number of nitrogens with one attached hydrogen (secondary N) is 1. The van der Waals surface area contributed by atoms with Crippen molar-refractivity contribution >= 4 is 11.8 Å². The average molecular weight is 631 g/mol. The summed E-state index contributed by atoms with van der Waals surface area (Å²) in [7, 11) is 0. The summed E-state index contributed by atoms with van der Waals surface area (Å²) in [4.78, 5) is 27.3. The van der Waals surface area contributed by atoms with Crippen LogP contribution >= 0.6 is 0 Å². The summed E-state index contributed by atoms with van der Waals surface area (Å²) in [5.74, 6) is -0.638. The number of nitrogens with zero attached hydrogens (tertiary/aromatic N) is 1. The monoisotopic (exact) mass is 630 g/mol. The number of unbranched alkanes of at least 4 members (excludes halogenated alkanes) is 18. The molecule has 1 fully saturated rings. The zero-order valence-electron chi connectivity index (χ0n) is 27.9. The number of carbonyl (C=O) groups is 2. The van der Waals surface area contributed by atoms with Crippen molar-refractivity contribution in [2.75, 3.05) is 32.8 Å². The molecule has 2 amide bonds. The van der Waals surface area contributed by atoms with E-state index in [0.717, 1.165) is 32.1 Å². The fraction of sp³-hybridized carbons (Fsp3) is 0.941. The van der Waals surface area contributed by atoms with Gasteiger partial charge in [-0.3, -0.25) is 9.59 Å². The van der Waals surface area contributed by atoms with E-state index in [1.807, 2.05) is 0 Å². The van der Waals surface area contributed by atoms with E-state index < -0.39 is 49.8 Å². The van der Waals surface area contributed by atoms with E-state index in [1.165, 1.54) is 101 Å². The molecule has 10 nitrogen and oxygen atoms in total. The predicted molar refractivity (Wildman–Crippen MR) is 173 cm³/mol. The molecule has 0 saturated carbocycles. The average Bonchev–Trinajstić information content (AvgIpc) is 3.02. The first-order valence-corrected chi connectivity index (χ1v) is 17.8. The van der Waals surface area contributed by atoms with Crippen molar-refractivity contribution < 1.29 is 39.5 Å². The maximum absolute atomic E-state index is 13.1. The predicted octanol–water partition coefficient (Wildman–Crippen LogP) is 4.59. The molecule has 0 spiro atoms. The highest BCUT2D eigenvalue weighted by atomic mass is 16.7. The molecule has 1 aliphatic rings. The molecule has 0 aromatic carbocycles. The van der Waals surface area contributed by atoms with Gasteiger partial charge in [0.2, 0.25) is 11.8 Å². The Labute approximate surface area is 267 Å². The minimum Gasteiger partial charge on any atom is -0.394 e. The van der Waals surface area contributed by atoms with Crippen LogP contribution in [0.3, 0.4) is 0 Å². The lowest BCUT2D eigenvalue weighted by Crippen LogP contribution is -2.59. The minimum atomic E-state index is -1.58. The van der Waals surface area contributed by atoms with Crippen LogP contribution in [0.25, 0.3) is 0 Å². The number of hydrogen-bond donors (Lipinski definition) is 5. The van der Waals surface area contributed by atoms with Gasteiger partial charge in [-0.15, -0.1) is 0 Å². The van der Waals surface area contributed by atoms with Crippen LogP contribution in [0.5, 0.6) is 0 Å². The normalized spacial score (nSPS) is 21.8. The zero-order chi connectivity index (χ0) is 32.4. The van der Waals surface area contributed by atoms with Crippen molar-refractivity contribution in [2.24, 2.45) is 0 Å². The molecule has 0 radical (unpaired) electrons. The number of rotatable bonds is 28. The Kier molecular flexibility index (Phi) is 24.9. The number of aliphatic hydroxyl groups excluding tert-OH is 4. The Hall–Kier alpha value is -1.30. The Morgan fingerprint density at radius 1 is 0.682 bits per heavy atom. The first-order valence-electron chi connectivity index (χ1n) is 17.8. The topological polar surface area (TPSA) is 149 Å². The third kappa shape index (κ3) is 18.6. The van der Waals surface area contributed by atoms with Gasteiger partial charge in [0.05, 0.1) is 13.2 Å². The second kappa shape index (κ2) is 26.9. The summed E-state index contributed by atoms with van der Waals surface area (Å²) < 4.78 is 10.8.